The van der Waals surface area contributed by atoms with E-state index in [1.165, 1.54) is 5.56 Å². The van der Waals surface area contributed by atoms with Crippen molar-refractivity contribution in [2.24, 2.45) is 0 Å². The van der Waals surface area contributed by atoms with Gasteiger partial charge in [0.1, 0.15) is 0 Å². The van der Waals surface area contributed by atoms with E-state index in [2.05, 4.69) is 27.2 Å². The van der Waals surface area contributed by atoms with Crippen molar-refractivity contribution in [2.45, 2.75) is 20.0 Å². The molecular weight excluding hydrogens is 274 g/mol. The Bertz CT molecular complexity index is 737. The summed E-state index contributed by atoms with van der Waals surface area (Å²) in [5.74, 6) is 1.22. The van der Waals surface area contributed by atoms with Gasteiger partial charge in [0, 0.05) is 12.1 Å². The smallest absolute Gasteiger partial charge is 0.248 e. The van der Waals surface area contributed by atoms with Crippen LogP contribution < -0.4 is 0 Å². The molecule has 0 fully saturated rings. The first-order valence-corrected chi connectivity index (χ1v) is 7.33. The van der Waals surface area contributed by atoms with E-state index in [0.29, 0.717) is 18.3 Å². The van der Waals surface area contributed by atoms with Crippen LogP contribution in [0.2, 0.25) is 0 Å². The number of aryl methyl sites for hydroxylation is 1. The predicted molar refractivity (Wildman–Crippen MR) is 86.1 cm³/mol. The molecule has 1 aromatic heterocycles. The Morgan fingerprint density at radius 1 is 0.909 bits per heavy atom. The maximum atomic E-state index is 5.79. The number of rotatable bonds is 5. The van der Waals surface area contributed by atoms with Gasteiger partial charge in [-0.1, -0.05) is 48.5 Å². The third kappa shape index (κ3) is 3.40. The van der Waals surface area contributed by atoms with Crippen molar-refractivity contribution in [3.63, 3.8) is 0 Å². The zero-order valence-electron chi connectivity index (χ0n) is 12.9. The largest absolute Gasteiger partial charge is 0.419 e. The van der Waals surface area contributed by atoms with Crippen molar-refractivity contribution in [3.05, 3.63) is 71.6 Å². The molecule has 22 heavy (non-hydrogen) atoms. The second-order valence-corrected chi connectivity index (χ2v) is 5.47. The van der Waals surface area contributed by atoms with Crippen LogP contribution in [0.15, 0.2) is 59.0 Å². The molecular formula is C18H19N3O. The Kier molecular flexibility index (Phi) is 4.30. The summed E-state index contributed by atoms with van der Waals surface area (Å²) in [4.78, 5) is 2.16. The Hall–Kier alpha value is -2.46. The minimum atomic E-state index is 0.584. The van der Waals surface area contributed by atoms with E-state index < -0.39 is 0 Å². The standard InChI is InChI=1S/C18H19N3O/c1-14-8-6-7-11-16(14)18-20-19-17(22-18)13-21(2)12-15-9-4-3-5-10-15/h3-11H,12-13H2,1-2H3. The summed E-state index contributed by atoms with van der Waals surface area (Å²) in [6.07, 6.45) is 0. The molecule has 0 unspecified atom stereocenters. The van der Waals surface area contributed by atoms with Gasteiger partial charge < -0.3 is 4.42 Å². The first kappa shape index (κ1) is 14.5. The van der Waals surface area contributed by atoms with Gasteiger partial charge in [-0.05, 0) is 31.2 Å². The minimum Gasteiger partial charge on any atom is -0.419 e. The number of benzene rings is 2. The van der Waals surface area contributed by atoms with E-state index in [9.17, 15) is 0 Å². The molecule has 0 bridgehead atoms. The zero-order chi connectivity index (χ0) is 15.4. The molecule has 0 atom stereocenters. The average Bonchev–Trinajstić information content (AvgIpc) is 2.97. The lowest BCUT2D eigenvalue weighted by atomic mass is 10.1. The lowest BCUT2D eigenvalue weighted by Crippen LogP contribution is -2.17. The van der Waals surface area contributed by atoms with Crippen LogP contribution >= 0.6 is 0 Å². The fraction of sp³-hybridized carbons (Fsp3) is 0.222. The second kappa shape index (κ2) is 6.54. The molecule has 0 saturated heterocycles. The normalized spacial score (nSPS) is 11.0. The van der Waals surface area contributed by atoms with E-state index in [1.807, 2.05) is 56.4 Å². The summed E-state index contributed by atoms with van der Waals surface area (Å²) in [7, 11) is 2.05. The quantitative estimate of drug-likeness (QED) is 0.719. The van der Waals surface area contributed by atoms with Gasteiger partial charge in [-0.15, -0.1) is 10.2 Å². The van der Waals surface area contributed by atoms with Gasteiger partial charge in [-0.3, -0.25) is 4.90 Å². The molecule has 2 aromatic carbocycles. The van der Waals surface area contributed by atoms with Gasteiger partial charge in [0.25, 0.3) is 0 Å². The molecule has 112 valence electrons. The summed E-state index contributed by atoms with van der Waals surface area (Å²) in [5.41, 5.74) is 3.39. The first-order valence-electron chi connectivity index (χ1n) is 7.33. The van der Waals surface area contributed by atoms with Crippen molar-refractivity contribution < 1.29 is 4.42 Å². The molecule has 0 radical (unpaired) electrons. The van der Waals surface area contributed by atoms with E-state index >= 15 is 0 Å². The number of nitrogens with zero attached hydrogens (tertiary/aromatic N) is 3. The van der Waals surface area contributed by atoms with Crippen molar-refractivity contribution >= 4 is 0 Å². The SMILES string of the molecule is Cc1ccccc1-c1nnc(CN(C)Cc2ccccc2)o1. The Balaban J connectivity index is 1.68. The van der Waals surface area contributed by atoms with Gasteiger partial charge >= 0.3 is 0 Å². The third-order valence-electron chi connectivity index (χ3n) is 3.54. The zero-order valence-corrected chi connectivity index (χ0v) is 12.9. The molecule has 3 rings (SSSR count). The Labute approximate surface area is 130 Å². The first-order chi connectivity index (χ1) is 10.7. The fourth-order valence-electron chi connectivity index (χ4n) is 2.42. The predicted octanol–water partition coefficient (Wildman–Crippen LogP) is 3.68. The van der Waals surface area contributed by atoms with Gasteiger partial charge in [0.05, 0.1) is 6.54 Å². The monoisotopic (exact) mass is 293 g/mol. The van der Waals surface area contributed by atoms with Crippen LogP contribution in [0, 0.1) is 6.92 Å². The highest BCUT2D eigenvalue weighted by Crippen LogP contribution is 2.21. The molecule has 4 heteroatoms. The second-order valence-electron chi connectivity index (χ2n) is 5.47. The van der Waals surface area contributed by atoms with Crippen LogP contribution in [-0.4, -0.2) is 22.1 Å². The van der Waals surface area contributed by atoms with E-state index in [0.717, 1.165) is 17.7 Å². The summed E-state index contributed by atoms with van der Waals surface area (Å²) in [6.45, 7) is 3.53. The van der Waals surface area contributed by atoms with E-state index in [4.69, 9.17) is 4.42 Å². The molecule has 0 N–H and O–H groups in total. The van der Waals surface area contributed by atoms with Crippen LogP contribution in [0.1, 0.15) is 17.0 Å². The average molecular weight is 293 g/mol. The van der Waals surface area contributed by atoms with Crippen molar-refractivity contribution in [3.8, 4) is 11.5 Å². The van der Waals surface area contributed by atoms with Crippen molar-refractivity contribution in [1.82, 2.24) is 15.1 Å². The molecule has 0 spiro atoms. The lowest BCUT2D eigenvalue weighted by Gasteiger charge is -2.13. The molecule has 4 nitrogen and oxygen atoms in total. The number of hydrogen-bond acceptors (Lipinski definition) is 4. The van der Waals surface area contributed by atoms with Crippen LogP contribution in [0.5, 0.6) is 0 Å². The molecule has 0 aliphatic heterocycles. The summed E-state index contributed by atoms with van der Waals surface area (Å²) >= 11 is 0. The van der Waals surface area contributed by atoms with Crippen LogP contribution in [0.4, 0.5) is 0 Å². The van der Waals surface area contributed by atoms with Gasteiger partial charge in [-0.2, -0.15) is 0 Å². The van der Waals surface area contributed by atoms with Crippen molar-refractivity contribution in [1.29, 1.82) is 0 Å². The van der Waals surface area contributed by atoms with Gasteiger partial charge in [0.2, 0.25) is 11.8 Å². The van der Waals surface area contributed by atoms with E-state index in [-0.39, 0.29) is 0 Å². The number of hydrogen-bond donors (Lipinski definition) is 0. The topological polar surface area (TPSA) is 42.2 Å². The highest BCUT2D eigenvalue weighted by molar-refractivity contribution is 5.57. The maximum absolute atomic E-state index is 5.79. The van der Waals surface area contributed by atoms with Crippen LogP contribution in [0.3, 0.4) is 0 Å². The highest BCUT2D eigenvalue weighted by atomic mass is 16.4. The fourth-order valence-corrected chi connectivity index (χ4v) is 2.42. The van der Waals surface area contributed by atoms with E-state index in [1.54, 1.807) is 0 Å². The molecule has 3 aromatic rings. The third-order valence-corrected chi connectivity index (χ3v) is 3.54. The molecule has 1 heterocycles. The maximum Gasteiger partial charge on any atom is 0.248 e. The molecule has 0 amide bonds. The molecule has 0 aliphatic carbocycles. The summed E-state index contributed by atoms with van der Waals surface area (Å²) in [6, 6.07) is 18.4. The van der Waals surface area contributed by atoms with Crippen LogP contribution in [0.25, 0.3) is 11.5 Å². The summed E-state index contributed by atoms with van der Waals surface area (Å²) < 4.78 is 5.79. The van der Waals surface area contributed by atoms with Gasteiger partial charge in [-0.25, -0.2) is 0 Å². The van der Waals surface area contributed by atoms with Crippen molar-refractivity contribution in [2.75, 3.05) is 7.05 Å². The Morgan fingerprint density at radius 2 is 1.64 bits per heavy atom. The summed E-state index contributed by atoms with van der Waals surface area (Å²) in [5, 5.41) is 8.32. The van der Waals surface area contributed by atoms with Gasteiger partial charge in [0.15, 0.2) is 0 Å². The lowest BCUT2D eigenvalue weighted by molar-refractivity contribution is 0.283. The molecule has 0 saturated carbocycles. The molecule has 0 aliphatic rings. The highest BCUT2D eigenvalue weighted by Gasteiger charge is 2.12. The minimum absolute atomic E-state index is 0.584. The Morgan fingerprint density at radius 3 is 2.41 bits per heavy atom. The number of aromatic nitrogens is 2. The van der Waals surface area contributed by atoms with Crippen LogP contribution in [-0.2, 0) is 13.1 Å².